The number of hydrogen-bond donors (Lipinski definition) is 2. The lowest BCUT2D eigenvalue weighted by molar-refractivity contribution is 0.0961. The molecule has 0 aliphatic carbocycles. The Bertz CT molecular complexity index is 710. The quantitative estimate of drug-likeness (QED) is 0.897. The van der Waals surface area contributed by atoms with Crippen molar-refractivity contribution in [3.05, 3.63) is 36.3 Å². The largest absolute Gasteiger partial charge is 0.489 e. The Hall–Kier alpha value is -2.34. The number of primary amides is 1. The Morgan fingerprint density at radius 2 is 2.30 bits per heavy atom. The van der Waals surface area contributed by atoms with E-state index in [1.807, 2.05) is 29.9 Å². The third-order valence-corrected chi connectivity index (χ3v) is 4.23. The van der Waals surface area contributed by atoms with E-state index in [1.165, 1.54) is 0 Å². The van der Waals surface area contributed by atoms with Gasteiger partial charge in [-0.3, -0.25) is 4.79 Å². The minimum absolute atomic E-state index is 0.0926. The van der Waals surface area contributed by atoms with Gasteiger partial charge in [0.25, 0.3) is 5.91 Å². The third-order valence-electron chi connectivity index (χ3n) is 4.23. The Morgan fingerprint density at radius 3 is 2.96 bits per heavy atom. The molecule has 3 N–H and O–H groups in total. The van der Waals surface area contributed by atoms with Crippen LogP contribution in [0, 0.1) is 5.92 Å². The maximum atomic E-state index is 11.8. The van der Waals surface area contributed by atoms with E-state index in [1.54, 1.807) is 12.4 Å². The number of ether oxygens (including phenoxy) is 1. The number of aryl methyl sites for hydroxylation is 1. The van der Waals surface area contributed by atoms with Gasteiger partial charge < -0.3 is 20.4 Å². The number of nitrogens with two attached hydrogens (primary N) is 1. The van der Waals surface area contributed by atoms with Gasteiger partial charge in [-0.25, -0.2) is 4.98 Å². The highest BCUT2D eigenvalue weighted by molar-refractivity contribution is 5.96. The molecular weight excluding hydrogens is 292 g/mol. The first-order valence-corrected chi connectivity index (χ1v) is 7.84. The van der Waals surface area contributed by atoms with Crippen LogP contribution in [0.2, 0.25) is 0 Å². The van der Waals surface area contributed by atoms with Crippen LogP contribution in [-0.2, 0) is 7.05 Å². The maximum Gasteiger partial charge on any atom is 0.252 e. The molecule has 1 fully saturated rings. The van der Waals surface area contributed by atoms with Crippen LogP contribution in [0.1, 0.15) is 23.7 Å². The number of piperidine rings is 1. The molecule has 1 saturated heterocycles. The molecule has 0 radical (unpaired) electrons. The molecule has 23 heavy (non-hydrogen) atoms. The number of nitrogens with zero attached hydrogens (tertiary/aromatic N) is 2. The monoisotopic (exact) mass is 314 g/mol. The topological polar surface area (TPSA) is 82.2 Å². The van der Waals surface area contributed by atoms with Gasteiger partial charge in [-0.1, -0.05) is 6.92 Å². The molecule has 1 aliphatic heterocycles. The van der Waals surface area contributed by atoms with Crippen LogP contribution < -0.4 is 15.8 Å². The van der Waals surface area contributed by atoms with Crippen LogP contribution in [0.3, 0.4) is 0 Å². The first-order chi connectivity index (χ1) is 11.0. The van der Waals surface area contributed by atoms with Crippen LogP contribution in [0.5, 0.6) is 5.75 Å². The molecule has 1 aromatic heterocycles. The summed E-state index contributed by atoms with van der Waals surface area (Å²) in [4.78, 5) is 16.1. The van der Waals surface area contributed by atoms with Crippen LogP contribution in [-0.4, -0.2) is 34.7 Å². The van der Waals surface area contributed by atoms with E-state index in [9.17, 15) is 4.79 Å². The zero-order chi connectivity index (χ0) is 16.4. The number of amides is 1. The summed E-state index contributed by atoms with van der Waals surface area (Å²) < 4.78 is 7.95. The molecule has 0 spiro atoms. The van der Waals surface area contributed by atoms with Crippen LogP contribution in [0.25, 0.3) is 11.3 Å². The smallest absolute Gasteiger partial charge is 0.252 e. The van der Waals surface area contributed by atoms with Crippen molar-refractivity contribution in [1.29, 1.82) is 0 Å². The van der Waals surface area contributed by atoms with Crippen molar-refractivity contribution in [1.82, 2.24) is 14.9 Å². The fourth-order valence-corrected chi connectivity index (χ4v) is 2.87. The Balaban J connectivity index is 1.89. The number of benzene rings is 1. The van der Waals surface area contributed by atoms with E-state index in [-0.39, 0.29) is 6.10 Å². The summed E-state index contributed by atoms with van der Waals surface area (Å²) in [6, 6.07) is 5.49. The molecule has 1 aromatic carbocycles. The normalized spacial score (nSPS) is 21.1. The van der Waals surface area contributed by atoms with E-state index in [0.29, 0.717) is 17.2 Å². The molecule has 0 saturated carbocycles. The van der Waals surface area contributed by atoms with E-state index < -0.39 is 5.91 Å². The molecular formula is C17H22N4O2. The lowest BCUT2D eigenvalue weighted by atomic mass is 9.98. The minimum atomic E-state index is -0.487. The first-order valence-electron chi connectivity index (χ1n) is 7.84. The summed E-state index contributed by atoms with van der Waals surface area (Å²) in [5.74, 6) is 0.454. The van der Waals surface area contributed by atoms with Gasteiger partial charge in [0, 0.05) is 31.3 Å². The highest BCUT2D eigenvalue weighted by atomic mass is 16.5. The lowest BCUT2D eigenvalue weighted by Crippen LogP contribution is -2.41. The molecule has 2 aromatic rings. The van der Waals surface area contributed by atoms with Gasteiger partial charge >= 0.3 is 0 Å². The predicted octanol–water partition coefficient (Wildman–Crippen LogP) is 1.56. The molecule has 6 heteroatoms. The first kappa shape index (κ1) is 15.6. The molecule has 1 amide bonds. The average Bonchev–Trinajstić information content (AvgIpc) is 2.96. The maximum absolute atomic E-state index is 11.8. The number of carbonyl (C=O) groups excluding carboxylic acids is 1. The number of carbonyl (C=O) groups is 1. The van der Waals surface area contributed by atoms with Crippen LogP contribution in [0.15, 0.2) is 30.7 Å². The summed E-state index contributed by atoms with van der Waals surface area (Å²) in [5.41, 5.74) is 7.61. The third kappa shape index (κ3) is 3.37. The molecule has 1 aliphatic rings. The molecule has 2 heterocycles. The zero-order valence-corrected chi connectivity index (χ0v) is 13.5. The van der Waals surface area contributed by atoms with Gasteiger partial charge in [0.1, 0.15) is 11.9 Å². The summed E-state index contributed by atoms with van der Waals surface area (Å²) in [7, 11) is 1.90. The van der Waals surface area contributed by atoms with E-state index in [4.69, 9.17) is 10.5 Å². The number of imidazole rings is 1. The Labute approximate surface area is 135 Å². The Morgan fingerprint density at radius 1 is 1.48 bits per heavy atom. The fraction of sp³-hybridized carbons (Fsp3) is 0.412. The number of aromatic nitrogens is 2. The van der Waals surface area contributed by atoms with E-state index in [0.717, 1.165) is 30.8 Å². The Kier molecular flexibility index (Phi) is 4.34. The standard InChI is InChI=1S/C17H22N4O2/c1-11-8-19-6-5-15(11)23-16-4-3-12(7-13(16)17(18)22)14-9-21(2)10-20-14/h3-4,7,9-11,15,19H,5-6,8H2,1-2H3,(H2,18,22). The molecule has 0 bridgehead atoms. The SMILES string of the molecule is CC1CNCCC1Oc1ccc(-c2cn(C)cn2)cc1C(N)=O. The van der Waals surface area contributed by atoms with Crippen molar-refractivity contribution in [3.63, 3.8) is 0 Å². The number of nitrogens with one attached hydrogen (secondary N) is 1. The predicted molar refractivity (Wildman–Crippen MR) is 88.2 cm³/mol. The molecule has 2 atom stereocenters. The van der Waals surface area contributed by atoms with Crippen molar-refractivity contribution in [3.8, 4) is 17.0 Å². The van der Waals surface area contributed by atoms with Crippen molar-refractivity contribution in [2.24, 2.45) is 18.7 Å². The molecule has 6 nitrogen and oxygen atoms in total. The molecule has 2 unspecified atom stereocenters. The molecule has 3 rings (SSSR count). The van der Waals surface area contributed by atoms with E-state index in [2.05, 4.69) is 17.2 Å². The van der Waals surface area contributed by atoms with Gasteiger partial charge in [-0.2, -0.15) is 0 Å². The second-order valence-corrected chi connectivity index (χ2v) is 6.13. The number of hydrogen-bond acceptors (Lipinski definition) is 4. The van der Waals surface area contributed by atoms with Crippen molar-refractivity contribution in [2.75, 3.05) is 13.1 Å². The highest BCUT2D eigenvalue weighted by Gasteiger charge is 2.24. The summed E-state index contributed by atoms with van der Waals surface area (Å²) in [6.45, 7) is 3.98. The lowest BCUT2D eigenvalue weighted by Gasteiger charge is -2.30. The van der Waals surface area contributed by atoms with Crippen LogP contribution in [0.4, 0.5) is 0 Å². The van der Waals surface area contributed by atoms with Gasteiger partial charge in [0.05, 0.1) is 17.6 Å². The molecule has 122 valence electrons. The van der Waals surface area contributed by atoms with Gasteiger partial charge in [-0.15, -0.1) is 0 Å². The van der Waals surface area contributed by atoms with Crippen molar-refractivity contribution in [2.45, 2.75) is 19.4 Å². The summed E-state index contributed by atoms with van der Waals surface area (Å²) in [5, 5.41) is 3.34. The van der Waals surface area contributed by atoms with E-state index >= 15 is 0 Å². The van der Waals surface area contributed by atoms with Gasteiger partial charge in [-0.05, 0) is 31.2 Å². The minimum Gasteiger partial charge on any atom is -0.489 e. The van der Waals surface area contributed by atoms with Crippen molar-refractivity contribution >= 4 is 5.91 Å². The number of rotatable bonds is 4. The zero-order valence-electron chi connectivity index (χ0n) is 13.5. The van der Waals surface area contributed by atoms with Gasteiger partial charge in [0.15, 0.2) is 0 Å². The highest BCUT2D eigenvalue weighted by Crippen LogP contribution is 2.28. The van der Waals surface area contributed by atoms with Gasteiger partial charge in [0.2, 0.25) is 0 Å². The second kappa shape index (κ2) is 6.42. The average molecular weight is 314 g/mol. The summed E-state index contributed by atoms with van der Waals surface area (Å²) >= 11 is 0. The van der Waals surface area contributed by atoms with Crippen molar-refractivity contribution < 1.29 is 9.53 Å². The second-order valence-electron chi connectivity index (χ2n) is 6.13. The fourth-order valence-electron chi connectivity index (χ4n) is 2.87. The van der Waals surface area contributed by atoms with Crippen LogP contribution >= 0.6 is 0 Å². The summed E-state index contributed by atoms with van der Waals surface area (Å²) in [6.07, 6.45) is 4.63.